The third-order valence-corrected chi connectivity index (χ3v) is 7.86. The maximum Gasteiger partial charge on any atom is 0.213 e. The van der Waals surface area contributed by atoms with Gasteiger partial charge in [0.2, 0.25) is 10.4 Å². The van der Waals surface area contributed by atoms with Gasteiger partial charge >= 0.3 is 0 Å². The van der Waals surface area contributed by atoms with Crippen LogP contribution in [0.1, 0.15) is 6.92 Å². The number of pyridine rings is 1. The number of rotatable bonds is 4. The van der Waals surface area contributed by atoms with Gasteiger partial charge in [-0.2, -0.15) is 4.98 Å². The summed E-state index contributed by atoms with van der Waals surface area (Å²) in [6.07, 6.45) is 1.79. The highest BCUT2D eigenvalue weighted by Gasteiger charge is 2.22. The molecule has 0 N–H and O–H groups in total. The van der Waals surface area contributed by atoms with E-state index in [1.54, 1.807) is 10.7 Å². The number of aryl methyl sites for hydroxylation is 1. The minimum atomic E-state index is -0.382. The summed E-state index contributed by atoms with van der Waals surface area (Å²) in [5, 5.41) is 7.63. The lowest BCUT2D eigenvalue weighted by Gasteiger charge is -2.34. The fourth-order valence-electron chi connectivity index (χ4n) is 4.72. The van der Waals surface area contributed by atoms with E-state index < -0.39 is 0 Å². The number of aromatic nitrogens is 4. The van der Waals surface area contributed by atoms with Crippen molar-refractivity contribution in [3.8, 4) is 22.6 Å². The Hall–Kier alpha value is -3.27. The van der Waals surface area contributed by atoms with Crippen LogP contribution in [-0.2, 0) is 6.54 Å². The Kier molecular flexibility index (Phi) is 5.78. The van der Waals surface area contributed by atoms with Gasteiger partial charge in [0.05, 0.1) is 22.5 Å². The summed E-state index contributed by atoms with van der Waals surface area (Å²) in [6, 6.07) is 10.7. The van der Waals surface area contributed by atoms with Crippen LogP contribution >= 0.6 is 22.9 Å². The van der Waals surface area contributed by atoms with Crippen LogP contribution < -0.4 is 10.3 Å². The molecule has 1 aliphatic heterocycles. The maximum atomic E-state index is 15.3. The second kappa shape index (κ2) is 8.99. The molecular formula is C26H24ClFN6OS. The molecule has 4 heterocycles. The van der Waals surface area contributed by atoms with Gasteiger partial charge in [0.1, 0.15) is 5.82 Å². The van der Waals surface area contributed by atoms with Crippen molar-refractivity contribution in [3.05, 3.63) is 69.0 Å². The van der Waals surface area contributed by atoms with Gasteiger partial charge in [0.25, 0.3) is 0 Å². The molecule has 0 amide bonds. The number of piperazine rings is 1. The van der Waals surface area contributed by atoms with Crippen molar-refractivity contribution in [1.82, 2.24) is 24.1 Å². The molecule has 0 atom stereocenters. The molecule has 1 fully saturated rings. The number of hydrogen-bond acceptors (Lipinski definition) is 6. The number of nitrogens with zero attached hydrogens (tertiary/aromatic N) is 6. The van der Waals surface area contributed by atoms with Crippen LogP contribution in [0.3, 0.4) is 0 Å². The van der Waals surface area contributed by atoms with Crippen molar-refractivity contribution in [1.29, 1.82) is 0 Å². The standard InChI is InChI=1S/C26H24ClFN6OS/c1-3-32-14-19(25-29-26-34(30-25)23(15-36-26)16-4-6-17(27)7-5-16)24(35)18-12-20(28)22(13-21(18)32)33-10-8-31(2)9-11-33/h4-7,12-15H,3,8-11H2,1-2H3. The molecule has 0 saturated carbocycles. The quantitative estimate of drug-likeness (QED) is 0.332. The first kappa shape index (κ1) is 23.1. The molecule has 184 valence electrons. The zero-order chi connectivity index (χ0) is 25.0. The van der Waals surface area contributed by atoms with Crippen LogP contribution in [0.2, 0.25) is 5.02 Å². The molecule has 36 heavy (non-hydrogen) atoms. The van der Waals surface area contributed by atoms with E-state index >= 15 is 4.39 Å². The molecule has 1 aliphatic rings. The Bertz CT molecular complexity index is 1650. The molecule has 0 unspecified atom stereocenters. The Morgan fingerprint density at radius 1 is 1.11 bits per heavy atom. The van der Waals surface area contributed by atoms with Gasteiger partial charge in [-0.25, -0.2) is 8.91 Å². The monoisotopic (exact) mass is 522 g/mol. The summed E-state index contributed by atoms with van der Waals surface area (Å²) < 4.78 is 19.0. The van der Waals surface area contributed by atoms with Crippen molar-refractivity contribution in [3.63, 3.8) is 0 Å². The molecule has 3 aromatic heterocycles. The highest BCUT2D eigenvalue weighted by Crippen LogP contribution is 2.30. The minimum absolute atomic E-state index is 0.273. The van der Waals surface area contributed by atoms with Crippen LogP contribution in [-0.4, -0.2) is 57.3 Å². The Labute approximate surface area is 216 Å². The van der Waals surface area contributed by atoms with Crippen LogP contribution in [0.5, 0.6) is 0 Å². The van der Waals surface area contributed by atoms with Gasteiger partial charge in [0, 0.05) is 60.3 Å². The van der Waals surface area contributed by atoms with Crippen LogP contribution in [0.25, 0.3) is 38.5 Å². The first-order valence-corrected chi connectivity index (χ1v) is 13.1. The molecule has 0 radical (unpaired) electrons. The number of fused-ring (bicyclic) bond motifs is 2. The average Bonchev–Trinajstić information content (AvgIpc) is 3.47. The summed E-state index contributed by atoms with van der Waals surface area (Å²) in [4.78, 5) is 23.2. The number of likely N-dealkylation sites (N-methyl/N-ethyl adjacent to an activating group) is 1. The lowest BCUT2D eigenvalue weighted by molar-refractivity contribution is 0.312. The number of anilines is 1. The van der Waals surface area contributed by atoms with E-state index in [2.05, 4.69) is 26.9 Å². The third kappa shape index (κ3) is 3.87. The van der Waals surface area contributed by atoms with Gasteiger partial charge in [-0.15, -0.1) is 16.4 Å². The van der Waals surface area contributed by atoms with E-state index in [-0.39, 0.29) is 11.2 Å². The number of hydrogen-bond donors (Lipinski definition) is 0. The predicted octanol–water partition coefficient (Wildman–Crippen LogP) is 5.00. The molecule has 0 spiro atoms. The fourth-order valence-corrected chi connectivity index (χ4v) is 5.68. The van der Waals surface area contributed by atoms with Crippen molar-refractivity contribution >= 4 is 44.5 Å². The predicted molar refractivity (Wildman–Crippen MR) is 144 cm³/mol. The third-order valence-electron chi connectivity index (χ3n) is 6.80. The summed E-state index contributed by atoms with van der Waals surface area (Å²) in [5.74, 6) is -0.0533. The van der Waals surface area contributed by atoms with Gasteiger partial charge in [-0.1, -0.05) is 23.7 Å². The highest BCUT2D eigenvalue weighted by atomic mass is 35.5. The highest BCUT2D eigenvalue weighted by molar-refractivity contribution is 7.15. The number of halogens is 2. The molecule has 5 aromatic rings. The minimum Gasteiger partial charge on any atom is -0.367 e. The average molecular weight is 523 g/mol. The Balaban J connectivity index is 1.46. The second-order valence-corrected chi connectivity index (χ2v) is 10.3. The molecule has 6 rings (SSSR count). The maximum absolute atomic E-state index is 15.3. The molecule has 2 aromatic carbocycles. The van der Waals surface area contributed by atoms with Crippen molar-refractivity contribution in [2.45, 2.75) is 13.5 Å². The number of benzene rings is 2. The first-order chi connectivity index (χ1) is 17.4. The van der Waals surface area contributed by atoms with Gasteiger partial charge in [-0.05, 0) is 38.2 Å². The van der Waals surface area contributed by atoms with Crippen molar-refractivity contribution < 1.29 is 4.39 Å². The molecule has 7 nitrogen and oxygen atoms in total. The fraction of sp³-hybridized carbons (Fsp3) is 0.269. The van der Waals surface area contributed by atoms with E-state index in [0.29, 0.717) is 44.5 Å². The van der Waals surface area contributed by atoms with Crippen LogP contribution in [0.4, 0.5) is 10.1 Å². The van der Waals surface area contributed by atoms with E-state index in [1.165, 1.54) is 17.4 Å². The zero-order valence-electron chi connectivity index (χ0n) is 19.9. The van der Waals surface area contributed by atoms with E-state index in [9.17, 15) is 4.79 Å². The Morgan fingerprint density at radius 2 is 1.86 bits per heavy atom. The number of thiazole rings is 1. The van der Waals surface area contributed by atoms with Crippen molar-refractivity contribution in [2.75, 3.05) is 38.1 Å². The lowest BCUT2D eigenvalue weighted by Crippen LogP contribution is -2.44. The molecule has 0 bridgehead atoms. The van der Waals surface area contributed by atoms with Crippen molar-refractivity contribution in [2.24, 2.45) is 0 Å². The van der Waals surface area contributed by atoms with Gasteiger partial charge in [-0.3, -0.25) is 4.79 Å². The van der Waals surface area contributed by atoms with E-state index in [4.69, 9.17) is 11.6 Å². The lowest BCUT2D eigenvalue weighted by atomic mass is 10.1. The topological polar surface area (TPSA) is 58.7 Å². The molecular weight excluding hydrogens is 499 g/mol. The first-order valence-electron chi connectivity index (χ1n) is 11.8. The Morgan fingerprint density at radius 3 is 2.58 bits per heavy atom. The molecule has 1 saturated heterocycles. The summed E-state index contributed by atoms with van der Waals surface area (Å²) in [5.41, 5.74) is 3.15. The van der Waals surface area contributed by atoms with Gasteiger partial charge in [0.15, 0.2) is 5.82 Å². The van der Waals surface area contributed by atoms with Crippen LogP contribution in [0, 0.1) is 5.82 Å². The zero-order valence-corrected chi connectivity index (χ0v) is 21.5. The van der Waals surface area contributed by atoms with Crippen LogP contribution in [0.15, 0.2) is 52.8 Å². The normalized spacial score (nSPS) is 14.8. The van der Waals surface area contributed by atoms with E-state index in [1.807, 2.05) is 47.2 Å². The summed E-state index contributed by atoms with van der Waals surface area (Å²) >= 11 is 7.49. The summed E-state index contributed by atoms with van der Waals surface area (Å²) in [6.45, 7) is 5.87. The summed E-state index contributed by atoms with van der Waals surface area (Å²) in [7, 11) is 2.07. The second-order valence-electron chi connectivity index (χ2n) is 9.03. The largest absolute Gasteiger partial charge is 0.367 e. The molecule has 10 heteroatoms. The van der Waals surface area contributed by atoms with E-state index in [0.717, 1.165) is 37.4 Å². The smallest absolute Gasteiger partial charge is 0.213 e. The SMILES string of the molecule is CCn1cc(-c2nc3scc(-c4ccc(Cl)cc4)n3n2)c(=O)c2cc(F)c(N3CCN(C)CC3)cc21. The molecule has 0 aliphatic carbocycles. The van der Waals surface area contributed by atoms with Gasteiger partial charge < -0.3 is 14.4 Å².